The molecule has 1 aromatic rings. The molecule has 1 rings (SSSR count). The summed E-state index contributed by atoms with van der Waals surface area (Å²) in [7, 11) is 0. The van der Waals surface area contributed by atoms with E-state index in [0.29, 0.717) is 0 Å². The molecule has 2 N–H and O–H groups in total. The first kappa shape index (κ1) is 17.4. The van der Waals surface area contributed by atoms with Gasteiger partial charge in [0, 0.05) is 11.6 Å². The Hall–Kier alpha value is -1.70. The van der Waals surface area contributed by atoms with Crippen molar-refractivity contribution in [2.24, 2.45) is 0 Å². The third-order valence-corrected chi connectivity index (χ3v) is 2.53. The number of rotatable bonds is 5. The second-order valence-corrected chi connectivity index (χ2v) is 4.71. The van der Waals surface area contributed by atoms with Gasteiger partial charge in [-0.2, -0.15) is 13.2 Å². The quantitative estimate of drug-likeness (QED) is 0.821. The Morgan fingerprint density at radius 3 is 2.14 bits per heavy atom. The predicted molar refractivity (Wildman–Crippen MR) is 66.4 cm³/mol. The fraction of sp³-hybridized carbons (Fsp3) is 0.462. The molecule has 0 heterocycles. The van der Waals surface area contributed by atoms with Crippen LogP contribution in [0, 0.1) is 11.6 Å². The Balaban J connectivity index is 2.96. The van der Waals surface area contributed by atoms with Crippen molar-refractivity contribution in [1.29, 1.82) is 0 Å². The number of benzene rings is 1. The van der Waals surface area contributed by atoms with Crippen molar-refractivity contribution in [2.45, 2.75) is 32.1 Å². The minimum atomic E-state index is -4.94. The molecule has 118 valence electrons. The van der Waals surface area contributed by atoms with Crippen molar-refractivity contribution in [3.05, 3.63) is 35.4 Å². The number of amides is 1. The highest BCUT2D eigenvalue weighted by molar-refractivity contribution is 5.78. The third kappa shape index (κ3) is 4.96. The summed E-state index contributed by atoms with van der Waals surface area (Å²) in [4.78, 5) is 11.4. The van der Waals surface area contributed by atoms with Gasteiger partial charge in [0.25, 0.3) is 0 Å². The van der Waals surface area contributed by atoms with Gasteiger partial charge in [0.1, 0.15) is 17.7 Å². The predicted octanol–water partition coefficient (Wildman–Crippen LogP) is 2.68. The molecule has 1 atom stereocenters. The molecule has 0 spiro atoms. The van der Waals surface area contributed by atoms with Gasteiger partial charge >= 0.3 is 6.18 Å². The van der Waals surface area contributed by atoms with Crippen molar-refractivity contribution in [2.75, 3.05) is 6.54 Å². The maximum atomic E-state index is 13.5. The lowest BCUT2D eigenvalue weighted by Crippen LogP contribution is -2.43. The van der Waals surface area contributed by atoms with Crippen LogP contribution in [-0.4, -0.2) is 24.7 Å². The van der Waals surface area contributed by atoms with Gasteiger partial charge in [-0.25, -0.2) is 8.78 Å². The average molecular weight is 310 g/mol. The van der Waals surface area contributed by atoms with Crippen molar-refractivity contribution in [3.8, 4) is 0 Å². The molecule has 0 saturated carbocycles. The van der Waals surface area contributed by atoms with Crippen molar-refractivity contribution < 1.29 is 26.7 Å². The lowest BCUT2D eigenvalue weighted by atomic mass is 10.0. The maximum Gasteiger partial charge on any atom is 0.408 e. The topological polar surface area (TPSA) is 41.1 Å². The number of carbonyl (C=O) groups is 1. The van der Waals surface area contributed by atoms with E-state index in [-0.39, 0.29) is 6.04 Å². The number of hydrogen-bond donors (Lipinski definition) is 2. The first-order valence-electron chi connectivity index (χ1n) is 6.16. The Morgan fingerprint density at radius 2 is 1.71 bits per heavy atom. The highest BCUT2D eigenvalue weighted by Crippen LogP contribution is 2.35. The monoisotopic (exact) mass is 310 g/mol. The molecular weight excluding hydrogens is 295 g/mol. The van der Waals surface area contributed by atoms with Crippen LogP contribution in [0.3, 0.4) is 0 Å². The van der Waals surface area contributed by atoms with Gasteiger partial charge in [0.05, 0.1) is 6.54 Å². The van der Waals surface area contributed by atoms with Crippen LogP contribution in [0.25, 0.3) is 0 Å². The van der Waals surface area contributed by atoms with Crippen LogP contribution in [0.4, 0.5) is 22.0 Å². The largest absolute Gasteiger partial charge is 0.408 e. The lowest BCUT2D eigenvalue weighted by Gasteiger charge is -2.23. The molecule has 0 bridgehead atoms. The van der Waals surface area contributed by atoms with Gasteiger partial charge in [-0.1, -0.05) is 6.07 Å². The van der Waals surface area contributed by atoms with Crippen LogP contribution in [0.5, 0.6) is 0 Å². The summed E-state index contributed by atoms with van der Waals surface area (Å²) in [6.45, 7) is 2.56. The molecule has 3 nitrogen and oxygen atoms in total. The smallest absolute Gasteiger partial charge is 0.353 e. The summed E-state index contributed by atoms with van der Waals surface area (Å²) in [5.74, 6) is -3.35. The standard InChI is InChI=1S/C13H15F5N2O/c1-7(2)20-10(21)6-19-12(13(16,17)18)11-8(14)4-3-5-9(11)15/h3-5,7,12,19H,6H2,1-2H3,(H,20,21)/t12-/m0/s1. The Morgan fingerprint density at radius 1 is 1.19 bits per heavy atom. The van der Waals surface area contributed by atoms with Crippen molar-refractivity contribution in [1.82, 2.24) is 10.6 Å². The molecule has 1 amide bonds. The van der Waals surface area contributed by atoms with Gasteiger partial charge in [-0.15, -0.1) is 0 Å². The molecule has 0 unspecified atom stereocenters. The first-order valence-corrected chi connectivity index (χ1v) is 6.16. The van der Waals surface area contributed by atoms with Gasteiger partial charge in [0.2, 0.25) is 5.91 Å². The van der Waals surface area contributed by atoms with E-state index in [2.05, 4.69) is 5.32 Å². The molecule has 8 heteroatoms. The minimum absolute atomic E-state index is 0.256. The second kappa shape index (κ2) is 6.84. The SMILES string of the molecule is CC(C)NC(=O)CN[C@@H](c1c(F)cccc1F)C(F)(F)F. The number of nitrogens with one attached hydrogen (secondary N) is 2. The van der Waals surface area contributed by atoms with Crippen LogP contribution in [-0.2, 0) is 4.79 Å². The van der Waals surface area contributed by atoms with Crippen molar-refractivity contribution in [3.63, 3.8) is 0 Å². The van der Waals surface area contributed by atoms with E-state index in [1.165, 1.54) is 0 Å². The Bertz CT molecular complexity index is 482. The fourth-order valence-corrected chi connectivity index (χ4v) is 1.74. The van der Waals surface area contributed by atoms with Crippen LogP contribution in [0.2, 0.25) is 0 Å². The molecule has 0 saturated heterocycles. The van der Waals surface area contributed by atoms with E-state index in [0.717, 1.165) is 18.2 Å². The second-order valence-electron chi connectivity index (χ2n) is 4.71. The summed E-state index contributed by atoms with van der Waals surface area (Å²) in [5, 5.41) is 4.22. The summed E-state index contributed by atoms with van der Waals surface area (Å²) < 4.78 is 65.8. The van der Waals surface area contributed by atoms with E-state index in [4.69, 9.17) is 0 Å². The zero-order valence-corrected chi connectivity index (χ0v) is 11.4. The van der Waals surface area contributed by atoms with Crippen LogP contribution in [0.1, 0.15) is 25.5 Å². The van der Waals surface area contributed by atoms with Crippen molar-refractivity contribution >= 4 is 5.91 Å². The molecule has 21 heavy (non-hydrogen) atoms. The first-order chi connectivity index (χ1) is 9.62. The number of hydrogen-bond acceptors (Lipinski definition) is 2. The summed E-state index contributed by atoms with van der Waals surface area (Å²) in [6, 6.07) is -0.432. The highest BCUT2D eigenvalue weighted by atomic mass is 19.4. The van der Waals surface area contributed by atoms with E-state index < -0.39 is 41.9 Å². The minimum Gasteiger partial charge on any atom is -0.353 e. The molecule has 0 radical (unpaired) electrons. The normalized spacial score (nSPS) is 13.3. The lowest BCUT2D eigenvalue weighted by molar-refractivity contribution is -0.159. The molecule has 0 aliphatic heterocycles. The zero-order valence-electron chi connectivity index (χ0n) is 11.4. The average Bonchev–Trinajstić information content (AvgIpc) is 2.30. The maximum absolute atomic E-state index is 13.5. The number of carbonyl (C=O) groups excluding carboxylic acids is 1. The van der Waals surface area contributed by atoms with E-state index in [9.17, 15) is 26.7 Å². The van der Waals surface area contributed by atoms with Crippen LogP contribution in [0.15, 0.2) is 18.2 Å². The molecule has 0 aromatic heterocycles. The Labute approximate surface area is 118 Å². The number of alkyl halides is 3. The molecule has 1 aromatic carbocycles. The Kier molecular flexibility index (Phi) is 5.65. The summed E-state index contributed by atoms with van der Waals surface area (Å²) in [5.41, 5.74) is -1.15. The zero-order chi connectivity index (χ0) is 16.2. The van der Waals surface area contributed by atoms with Gasteiger partial charge in [-0.3, -0.25) is 10.1 Å². The molecule has 0 fully saturated rings. The highest BCUT2D eigenvalue weighted by Gasteiger charge is 2.43. The van der Waals surface area contributed by atoms with E-state index in [1.807, 2.05) is 5.32 Å². The number of halogens is 5. The summed E-state index contributed by atoms with van der Waals surface area (Å²) in [6.07, 6.45) is -4.94. The van der Waals surface area contributed by atoms with Crippen LogP contribution < -0.4 is 10.6 Å². The molecular formula is C13H15F5N2O. The van der Waals surface area contributed by atoms with Crippen LogP contribution >= 0.6 is 0 Å². The van der Waals surface area contributed by atoms with E-state index in [1.54, 1.807) is 13.8 Å². The van der Waals surface area contributed by atoms with Gasteiger partial charge in [0.15, 0.2) is 0 Å². The van der Waals surface area contributed by atoms with Gasteiger partial charge < -0.3 is 5.32 Å². The third-order valence-electron chi connectivity index (χ3n) is 2.53. The summed E-state index contributed by atoms with van der Waals surface area (Å²) >= 11 is 0. The molecule has 0 aliphatic carbocycles. The fourth-order valence-electron chi connectivity index (χ4n) is 1.74. The molecule has 0 aliphatic rings. The van der Waals surface area contributed by atoms with E-state index >= 15 is 0 Å². The van der Waals surface area contributed by atoms with Gasteiger partial charge in [-0.05, 0) is 26.0 Å².